The highest BCUT2D eigenvalue weighted by molar-refractivity contribution is 6.00. The maximum atomic E-state index is 13.6. The molecule has 2 aromatic rings. The summed E-state index contributed by atoms with van der Waals surface area (Å²) in [5.41, 5.74) is 2.13. The summed E-state index contributed by atoms with van der Waals surface area (Å²) in [5.74, 6) is 0.690. The van der Waals surface area contributed by atoms with E-state index in [1.54, 1.807) is 12.1 Å². The van der Waals surface area contributed by atoms with Gasteiger partial charge in [-0.1, -0.05) is 69.2 Å². The van der Waals surface area contributed by atoms with E-state index in [0.717, 1.165) is 41.9 Å². The van der Waals surface area contributed by atoms with Gasteiger partial charge in [-0.2, -0.15) is 5.26 Å². The molecule has 2 saturated carbocycles. The highest BCUT2D eigenvalue weighted by Gasteiger charge is 2.35. The number of hydrogen-bond acceptors (Lipinski definition) is 4. The largest absolute Gasteiger partial charge is 0.474 e. The van der Waals surface area contributed by atoms with Gasteiger partial charge in [0.25, 0.3) is 5.91 Å². The standard InChI is InChI=1S/C32H41N3O2/c33-24-25-13-12-14-26(23-25)31-32(36)35(29-19-8-9-20-30(29)37-31)22-11-3-10-21-34(27-15-4-1-5-16-27)28-17-6-2-7-18-28/h8-9,12-14,19-20,23,27-28,31H,1-7,10-11,15-18,21-22H2. The van der Waals surface area contributed by atoms with E-state index in [1.165, 1.54) is 77.2 Å². The van der Waals surface area contributed by atoms with E-state index >= 15 is 0 Å². The lowest BCUT2D eigenvalue weighted by Crippen LogP contribution is -2.45. The van der Waals surface area contributed by atoms with Crippen LogP contribution in [-0.4, -0.2) is 36.0 Å². The topological polar surface area (TPSA) is 56.6 Å². The Morgan fingerprint density at radius 2 is 1.57 bits per heavy atom. The summed E-state index contributed by atoms with van der Waals surface area (Å²) in [5, 5.41) is 9.32. The molecular formula is C32H41N3O2. The number of carbonyl (C=O) groups excluding carboxylic acids is 1. The fraction of sp³-hybridized carbons (Fsp3) is 0.562. The lowest BCUT2D eigenvalue weighted by molar-refractivity contribution is -0.126. The second-order valence-electron chi connectivity index (χ2n) is 11.1. The maximum absolute atomic E-state index is 13.6. The molecule has 37 heavy (non-hydrogen) atoms. The van der Waals surface area contributed by atoms with Crippen LogP contribution < -0.4 is 9.64 Å². The molecule has 1 amide bonds. The summed E-state index contributed by atoms with van der Waals surface area (Å²) in [6.45, 7) is 1.90. The smallest absolute Gasteiger partial charge is 0.272 e. The van der Waals surface area contributed by atoms with Crippen molar-refractivity contribution in [2.45, 2.75) is 102 Å². The number of amides is 1. The predicted octanol–water partition coefficient (Wildman–Crippen LogP) is 7.16. The van der Waals surface area contributed by atoms with Crippen LogP contribution in [0, 0.1) is 11.3 Å². The van der Waals surface area contributed by atoms with E-state index in [4.69, 9.17) is 4.74 Å². The van der Waals surface area contributed by atoms with Gasteiger partial charge in [-0.15, -0.1) is 0 Å². The van der Waals surface area contributed by atoms with E-state index in [9.17, 15) is 10.1 Å². The van der Waals surface area contributed by atoms with Gasteiger partial charge in [-0.25, -0.2) is 0 Å². The molecule has 2 fully saturated rings. The molecule has 0 bridgehead atoms. The zero-order chi connectivity index (χ0) is 25.5. The van der Waals surface area contributed by atoms with E-state index in [-0.39, 0.29) is 5.91 Å². The van der Waals surface area contributed by atoms with E-state index < -0.39 is 6.10 Å². The summed E-state index contributed by atoms with van der Waals surface area (Å²) >= 11 is 0. The molecule has 3 aliphatic rings. The Morgan fingerprint density at radius 3 is 2.27 bits per heavy atom. The van der Waals surface area contributed by atoms with Crippen molar-refractivity contribution in [3.8, 4) is 11.8 Å². The average molecular weight is 500 g/mol. The van der Waals surface area contributed by atoms with Gasteiger partial charge < -0.3 is 9.64 Å². The molecule has 0 radical (unpaired) electrons. The van der Waals surface area contributed by atoms with Crippen molar-refractivity contribution in [1.29, 1.82) is 5.26 Å². The fourth-order valence-corrected chi connectivity index (χ4v) is 6.66. The minimum absolute atomic E-state index is 0.0418. The normalized spacial score (nSPS) is 20.9. The first-order valence-corrected chi connectivity index (χ1v) is 14.6. The molecule has 1 heterocycles. The van der Waals surface area contributed by atoms with Gasteiger partial charge in [0.1, 0.15) is 5.75 Å². The maximum Gasteiger partial charge on any atom is 0.272 e. The average Bonchev–Trinajstić information content (AvgIpc) is 2.96. The second kappa shape index (κ2) is 12.6. The Labute approximate surface area is 222 Å². The van der Waals surface area contributed by atoms with E-state index in [2.05, 4.69) is 11.0 Å². The molecule has 1 atom stereocenters. The molecule has 5 rings (SSSR count). The summed E-state index contributed by atoms with van der Waals surface area (Å²) < 4.78 is 6.15. The van der Waals surface area contributed by atoms with Gasteiger partial charge in [-0.3, -0.25) is 9.69 Å². The van der Waals surface area contributed by atoms with Gasteiger partial charge in [0.05, 0.1) is 17.3 Å². The monoisotopic (exact) mass is 499 g/mol. The fourth-order valence-electron chi connectivity index (χ4n) is 6.66. The lowest BCUT2D eigenvalue weighted by atomic mass is 9.88. The number of hydrogen-bond donors (Lipinski definition) is 0. The quantitative estimate of drug-likeness (QED) is 0.343. The van der Waals surface area contributed by atoms with Crippen molar-refractivity contribution in [2.75, 3.05) is 18.0 Å². The Morgan fingerprint density at radius 1 is 0.865 bits per heavy atom. The van der Waals surface area contributed by atoms with Crippen LogP contribution in [0.15, 0.2) is 48.5 Å². The number of rotatable bonds is 9. The zero-order valence-corrected chi connectivity index (χ0v) is 22.1. The summed E-state index contributed by atoms with van der Waals surface area (Å²) in [6.07, 6.45) is 16.5. The molecular weight excluding hydrogens is 458 g/mol. The van der Waals surface area contributed by atoms with E-state index in [0.29, 0.717) is 12.1 Å². The molecule has 2 aromatic carbocycles. The van der Waals surface area contributed by atoms with Gasteiger partial charge in [0.2, 0.25) is 6.10 Å². The van der Waals surface area contributed by atoms with Crippen molar-refractivity contribution in [2.24, 2.45) is 0 Å². The molecule has 5 nitrogen and oxygen atoms in total. The lowest BCUT2D eigenvalue weighted by Gasteiger charge is -2.42. The zero-order valence-electron chi connectivity index (χ0n) is 22.1. The molecule has 2 aliphatic carbocycles. The SMILES string of the molecule is N#Cc1cccc(C2Oc3ccccc3N(CCCCCN(C3CCCCC3)C3CCCCC3)C2=O)c1. The summed E-state index contributed by atoms with van der Waals surface area (Å²) in [7, 11) is 0. The number of anilines is 1. The first kappa shape index (κ1) is 25.8. The van der Waals surface area contributed by atoms with Crippen LogP contribution in [0.5, 0.6) is 5.75 Å². The van der Waals surface area contributed by atoms with Crippen molar-refractivity contribution in [3.05, 3.63) is 59.7 Å². The van der Waals surface area contributed by atoms with Crippen molar-refractivity contribution >= 4 is 11.6 Å². The first-order chi connectivity index (χ1) is 18.2. The summed E-state index contributed by atoms with van der Waals surface area (Å²) in [6, 6.07) is 18.8. The highest BCUT2D eigenvalue weighted by atomic mass is 16.5. The third-order valence-corrected chi connectivity index (χ3v) is 8.60. The molecule has 5 heteroatoms. The van der Waals surface area contributed by atoms with Gasteiger partial charge in [-0.05, 0) is 69.3 Å². The van der Waals surface area contributed by atoms with Crippen LogP contribution in [-0.2, 0) is 4.79 Å². The highest BCUT2D eigenvalue weighted by Crippen LogP contribution is 2.39. The molecule has 1 unspecified atom stereocenters. The number of unbranched alkanes of at least 4 members (excludes halogenated alkanes) is 2. The molecule has 0 spiro atoms. The molecule has 0 saturated heterocycles. The minimum Gasteiger partial charge on any atom is -0.474 e. The number of ether oxygens (including phenoxy) is 1. The first-order valence-electron chi connectivity index (χ1n) is 14.6. The van der Waals surface area contributed by atoms with Crippen LogP contribution in [0.3, 0.4) is 0 Å². The van der Waals surface area contributed by atoms with Crippen molar-refractivity contribution < 1.29 is 9.53 Å². The predicted molar refractivity (Wildman–Crippen MR) is 148 cm³/mol. The van der Waals surface area contributed by atoms with Crippen molar-refractivity contribution in [3.63, 3.8) is 0 Å². The Kier molecular flexibility index (Phi) is 8.79. The van der Waals surface area contributed by atoms with Crippen LogP contribution in [0.25, 0.3) is 0 Å². The number of fused-ring (bicyclic) bond motifs is 1. The van der Waals surface area contributed by atoms with Crippen LogP contribution in [0.4, 0.5) is 5.69 Å². The van der Waals surface area contributed by atoms with E-state index in [1.807, 2.05) is 41.3 Å². The third-order valence-electron chi connectivity index (χ3n) is 8.60. The van der Waals surface area contributed by atoms with Crippen LogP contribution >= 0.6 is 0 Å². The van der Waals surface area contributed by atoms with Gasteiger partial charge in [0.15, 0.2) is 0 Å². The minimum atomic E-state index is -0.712. The molecule has 0 N–H and O–H groups in total. The summed E-state index contributed by atoms with van der Waals surface area (Å²) in [4.78, 5) is 18.4. The number of benzene rings is 2. The Balaban J connectivity index is 1.21. The number of para-hydroxylation sites is 2. The third kappa shape index (κ3) is 6.18. The molecule has 0 aromatic heterocycles. The Bertz CT molecular complexity index is 1060. The second-order valence-corrected chi connectivity index (χ2v) is 11.1. The Hall–Kier alpha value is -2.84. The number of nitrogens with zero attached hydrogens (tertiary/aromatic N) is 3. The number of nitriles is 1. The molecule has 196 valence electrons. The van der Waals surface area contributed by atoms with Gasteiger partial charge in [0, 0.05) is 24.2 Å². The van der Waals surface area contributed by atoms with Gasteiger partial charge >= 0.3 is 0 Å². The van der Waals surface area contributed by atoms with Crippen LogP contribution in [0.2, 0.25) is 0 Å². The van der Waals surface area contributed by atoms with Crippen LogP contribution in [0.1, 0.15) is 101 Å². The van der Waals surface area contributed by atoms with Crippen molar-refractivity contribution in [1.82, 2.24) is 4.90 Å². The molecule has 1 aliphatic heterocycles. The number of carbonyl (C=O) groups is 1.